The predicted molar refractivity (Wildman–Crippen MR) is 122 cm³/mol. The van der Waals surface area contributed by atoms with Crippen molar-refractivity contribution < 1.29 is 0 Å². The Morgan fingerprint density at radius 1 is 1.00 bits per heavy atom. The summed E-state index contributed by atoms with van der Waals surface area (Å²) >= 11 is 0. The van der Waals surface area contributed by atoms with Crippen molar-refractivity contribution in [2.75, 3.05) is 26.7 Å². The number of para-hydroxylation sites is 1. The van der Waals surface area contributed by atoms with Gasteiger partial charge in [-0.2, -0.15) is 5.10 Å². The number of hydrogen-bond acceptors (Lipinski definition) is 3. The molecular formula is C24H30N6. The molecule has 2 N–H and O–H groups in total. The van der Waals surface area contributed by atoms with Crippen LogP contribution in [0, 0.1) is 0 Å². The van der Waals surface area contributed by atoms with E-state index in [1.54, 1.807) is 0 Å². The maximum Gasteiger partial charge on any atom is 0.191 e. The molecule has 30 heavy (non-hydrogen) atoms. The fraction of sp³-hybridized carbons (Fsp3) is 0.333. The van der Waals surface area contributed by atoms with Gasteiger partial charge in [0, 0.05) is 31.9 Å². The van der Waals surface area contributed by atoms with Crippen LogP contribution in [0.25, 0.3) is 5.69 Å². The molecule has 1 aliphatic heterocycles. The Hall–Kier alpha value is -3.12. The van der Waals surface area contributed by atoms with Gasteiger partial charge in [0.1, 0.15) is 0 Å². The Morgan fingerprint density at radius 2 is 1.70 bits per heavy atom. The normalized spacial score (nSPS) is 15.8. The topological polar surface area (TPSA) is 57.5 Å². The van der Waals surface area contributed by atoms with Gasteiger partial charge < -0.3 is 10.6 Å². The maximum atomic E-state index is 4.47. The molecule has 0 amide bonds. The highest BCUT2D eigenvalue weighted by molar-refractivity contribution is 5.79. The van der Waals surface area contributed by atoms with Crippen LogP contribution in [0.5, 0.6) is 0 Å². The van der Waals surface area contributed by atoms with E-state index in [0.717, 1.165) is 36.8 Å². The zero-order chi connectivity index (χ0) is 20.6. The van der Waals surface area contributed by atoms with E-state index in [9.17, 15) is 0 Å². The van der Waals surface area contributed by atoms with Gasteiger partial charge in [0.25, 0.3) is 0 Å². The number of guanidine groups is 1. The fourth-order valence-electron chi connectivity index (χ4n) is 3.96. The number of nitrogens with zero attached hydrogens (tertiary/aromatic N) is 4. The lowest BCUT2D eigenvalue weighted by Gasteiger charge is -2.28. The molecule has 2 heterocycles. The Kier molecular flexibility index (Phi) is 6.77. The minimum atomic E-state index is 0.355. The lowest BCUT2D eigenvalue weighted by Crippen LogP contribution is -2.42. The smallest absolute Gasteiger partial charge is 0.191 e. The largest absolute Gasteiger partial charge is 0.354 e. The Labute approximate surface area is 178 Å². The molecule has 4 rings (SSSR count). The summed E-state index contributed by atoms with van der Waals surface area (Å²) in [6.07, 6.45) is 6.50. The molecule has 6 nitrogen and oxygen atoms in total. The van der Waals surface area contributed by atoms with Crippen LogP contribution in [-0.4, -0.2) is 47.3 Å². The van der Waals surface area contributed by atoms with Crippen LogP contribution in [0.1, 0.15) is 30.0 Å². The molecule has 0 radical (unpaired) electrons. The number of hydrogen-bond donors (Lipinski definition) is 2. The van der Waals surface area contributed by atoms with Gasteiger partial charge in [-0.3, -0.25) is 9.89 Å². The monoisotopic (exact) mass is 402 g/mol. The van der Waals surface area contributed by atoms with E-state index in [-0.39, 0.29) is 0 Å². The molecule has 1 unspecified atom stereocenters. The molecule has 0 bridgehead atoms. The molecule has 3 aromatic rings. The second-order valence-corrected chi connectivity index (χ2v) is 7.60. The Balaban J connectivity index is 1.34. The second kappa shape index (κ2) is 10.1. The van der Waals surface area contributed by atoms with Crippen LogP contribution < -0.4 is 10.6 Å². The zero-order valence-electron chi connectivity index (χ0n) is 17.5. The van der Waals surface area contributed by atoms with Crippen molar-refractivity contribution in [1.82, 2.24) is 25.3 Å². The first-order valence-corrected chi connectivity index (χ1v) is 10.7. The molecule has 1 saturated heterocycles. The SMILES string of the molecule is CN=C(NCc1cnn(-c2ccccc2)c1)NCC(c1ccccc1)N1CCCC1. The van der Waals surface area contributed by atoms with Gasteiger partial charge in [-0.1, -0.05) is 48.5 Å². The standard InChI is InChI=1S/C24H30N6/c1-25-24(26-16-20-17-28-30(19-20)22-12-6-3-7-13-22)27-18-23(29-14-8-9-15-29)21-10-4-2-5-11-21/h2-7,10-13,17,19,23H,8-9,14-16,18H2,1H3,(H2,25,26,27). The van der Waals surface area contributed by atoms with Crippen LogP contribution >= 0.6 is 0 Å². The van der Waals surface area contributed by atoms with Crippen LogP contribution in [0.3, 0.4) is 0 Å². The minimum absolute atomic E-state index is 0.355. The Bertz CT molecular complexity index is 929. The average Bonchev–Trinajstić information content (AvgIpc) is 3.50. The van der Waals surface area contributed by atoms with Gasteiger partial charge in [-0.25, -0.2) is 4.68 Å². The second-order valence-electron chi connectivity index (χ2n) is 7.60. The molecule has 1 aromatic heterocycles. The van der Waals surface area contributed by atoms with E-state index in [2.05, 4.69) is 56.0 Å². The molecule has 0 saturated carbocycles. The molecule has 0 spiro atoms. The van der Waals surface area contributed by atoms with Crippen molar-refractivity contribution in [3.8, 4) is 5.69 Å². The summed E-state index contributed by atoms with van der Waals surface area (Å²) in [5, 5.41) is 11.4. The lowest BCUT2D eigenvalue weighted by atomic mass is 10.1. The van der Waals surface area contributed by atoms with Crippen molar-refractivity contribution in [3.05, 3.63) is 84.2 Å². The van der Waals surface area contributed by atoms with E-state index in [4.69, 9.17) is 0 Å². The first kappa shape index (κ1) is 20.2. The van der Waals surface area contributed by atoms with Gasteiger partial charge in [0.2, 0.25) is 0 Å². The summed E-state index contributed by atoms with van der Waals surface area (Å²) in [7, 11) is 1.82. The third-order valence-corrected chi connectivity index (χ3v) is 5.57. The zero-order valence-corrected chi connectivity index (χ0v) is 17.5. The Morgan fingerprint density at radius 3 is 2.40 bits per heavy atom. The summed E-state index contributed by atoms with van der Waals surface area (Å²) in [4.78, 5) is 6.98. The summed E-state index contributed by atoms with van der Waals surface area (Å²) in [6.45, 7) is 3.82. The fourth-order valence-corrected chi connectivity index (χ4v) is 3.96. The van der Waals surface area contributed by atoms with E-state index < -0.39 is 0 Å². The molecule has 1 fully saturated rings. The van der Waals surface area contributed by atoms with Crippen molar-refractivity contribution >= 4 is 5.96 Å². The van der Waals surface area contributed by atoms with Crippen LogP contribution in [0.15, 0.2) is 78.0 Å². The maximum absolute atomic E-state index is 4.47. The highest BCUT2D eigenvalue weighted by atomic mass is 15.3. The van der Waals surface area contributed by atoms with Gasteiger partial charge in [-0.05, 0) is 43.6 Å². The van der Waals surface area contributed by atoms with E-state index in [1.807, 2.05) is 54.5 Å². The predicted octanol–water partition coefficient (Wildman–Crippen LogP) is 3.37. The van der Waals surface area contributed by atoms with E-state index >= 15 is 0 Å². The van der Waals surface area contributed by atoms with E-state index in [0.29, 0.717) is 12.6 Å². The number of benzene rings is 2. The molecular weight excluding hydrogens is 372 g/mol. The summed E-state index contributed by atoms with van der Waals surface area (Å²) < 4.78 is 1.89. The lowest BCUT2D eigenvalue weighted by molar-refractivity contribution is 0.245. The van der Waals surface area contributed by atoms with Gasteiger partial charge in [0.05, 0.1) is 17.9 Å². The third kappa shape index (κ3) is 5.07. The summed E-state index contributed by atoms with van der Waals surface area (Å²) in [5.74, 6) is 0.808. The summed E-state index contributed by atoms with van der Waals surface area (Å²) in [5.41, 5.74) is 3.52. The highest BCUT2D eigenvalue weighted by Crippen LogP contribution is 2.24. The molecule has 1 atom stereocenters. The van der Waals surface area contributed by atoms with Gasteiger partial charge in [-0.15, -0.1) is 0 Å². The van der Waals surface area contributed by atoms with E-state index in [1.165, 1.54) is 18.4 Å². The van der Waals surface area contributed by atoms with Gasteiger partial charge in [0.15, 0.2) is 5.96 Å². The first-order chi connectivity index (χ1) is 14.8. The average molecular weight is 403 g/mol. The molecule has 0 aliphatic carbocycles. The van der Waals surface area contributed by atoms with Gasteiger partial charge >= 0.3 is 0 Å². The van der Waals surface area contributed by atoms with Crippen molar-refractivity contribution in [3.63, 3.8) is 0 Å². The number of likely N-dealkylation sites (tertiary alicyclic amines) is 1. The molecule has 2 aromatic carbocycles. The molecule has 6 heteroatoms. The van der Waals surface area contributed by atoms with Crippen LogP contribution in [0.4, 0.5) is 0 Å². The van der Waals surface area contributed by atoms with Crippen LogP contribution in [0.2, 0.25) is 0 Å². The highest BCUT2D eigenvalue weighted by Gasteiger charge is 2.23. The molecule has 156 valence electrons. The van der Waals surface area contributed by atoms with Crippen molar-refractivity contribution in [2.45, 2.75) is 25.4 Å². The first-order valence-electron chi connectivity index (χ1n) is 10.7. The van der Waals surface area contributed by atoms with Crippen LogP contribution in [-0.2, 0) is 6.54 Å². The molecule has 1 aliphatic rings. The number of aliphatic imine (C=N–C) groups is 1. The van der Waals surface area contributed by atoms with Crippen molar-refractivity contribution in [2.24, 2.45) is 4.99 Å². The minimum Gasteiger partial charge on any atom is -0.354 e. The number of aromatic nitrogens is 2. The number of nitrogens with one attached hydrogen (secondary N) is 2. The van der Waals surface area contributed by atoms with Crippen molar-refractivity contribution in [1.29, 1.82) is 0 Å². The summed E-state index contributed by atoms with van der Waals surface area (Å²) in [6, 6.07) is 21.3. The number of rotatable bonds is 7. The quantitative estimate of drug-likeness (QED) is 0.470. The third-order valence-electron chi connectivity index (χ3n) is 5.57.